The first kappa shape index (κ1) is 22.3. The molecule has 2 rings (SSSR count). The van der Waals surface area contributed by atoms with Gasteiger partial charge in [0.25, 0.3) is 0 Å². The van der Waals surface area contributed by atoms with Crippen LogP contribution in [-0.2, 0) is 6.42 Å². The fraction of sp³-hybridized carbons (Fsp3) is 0.769. The molecule has 1 heteroatoms. The number of rotatable bonds is 16. The van der Waals surface area contributed by atoms with E-state index in [0.717, 1.165) is 18.3 Å². The van der Waals surface area contributed by atoms with Crippen LogP contribution in [-0.4, -0.2) is 6.61 Å². The molecule has 0 heterocycles. The van der Waals surface area contributed by atoms with Crippen LogP contribution in [0, 0.1) is 5.92 Å². The van der Waals surface area contributed by atoms with Crippen LogP contribution < -0.4 is 4.74 Å². The molecule has 0 unspecified atom stereocenters. The molecular weight excluding hydrogens is 328 g/mol. The maximum atomic E-state index is 6.12. The fourth-order valence-corrected chi connectivity index (χ4v) is 4.49. The van der Waals surface area contributed by atoms with Crippen LogP contribution >= 0.6 is 0 Å². The summed E-state index contributed by atoms with van der Waals surface area (Å²) in [5, 5.41) is 0. The second-order valence-corrected chi connectivity index (χ2v) is 8.68. The van der Waals surface area contributed by atoms with Gasteiger partial charge in [-0.05, 0) is 36.8 Å². The highest BCUT2D eigenvalue weighted by molar-refractivity contribution is 5.33. The summed E-state index contributed by atoms with van der Waals surface area (Å²) in [6.07, 6.45) is 23.6. The SMILES string of the molecule is CCCCCCCCc1ccccc1OCCCCCCCC1CCCC1. The van der Waals surface area contributed by atoms with Gasteiger partial charge in [0.2, 0.25) is 0 Å². The third-order valence-electron chi connectivity index (χ3n) is 6.26. The van der Waals surface area contributed by atoms with Gasteiger partial charge in [-0.25, -0.2) is 0 Å². The maximum Gasteiger partial charge on any atom is 0.122 e. The van der Waals surface area contributed by atoms with Crippen LogP contribution in [0.25, 0.3) is 0 Å². The first-order valence-electron chi connectivity index (χ1n) is 12.1. The van der Waals surface area contributed by atoms with E-state index in [1.807, 2.05) is 0 Å². The molecule has 0 bridgehead atoms. The van der Waals surface area contributed by atoms with E-state index < -0.39 is 0 Å². The Balaban J connectivity index is 1.49. The Morgan fingerprint density at radius 3 is 2.26 bits per heavy atom. The van der Waals surface area contributed by atoms with E-state index in [9.17, 15) is 0 Å². The van der Waals surface area contributed by atoms with Gasteiger partial charge in [-0.15, -0.1) is 0 Å². The van der Waals surface area contributed by atoms with Gasteiger partial charge in [0.15, 0.2) is 0 Å². The molecule has 1 saturated carbocycles. The minimum atomic E-state index is 0.885. The van der Waals surface area contributed by atoms with Crippen molar-refractivity contribution in [1.29, 1.82) is 0 Å². The van der Waals surface area contributed by atoms with Crippen molar-refractivity contribution in [1.82, 2.24) is 0 Å². The van der Waals surface area contributed by atoms with E-state index in [4.69, 9.17) is 4.74 Å². The smallest absolute Gasteiger partial charge is 0.122 e. The number of hydrogen-bond acceptors (Lipinski definition) is 1. The molecule has 1 aromatic carbocycles. The highest BCUT2D eigenvalue weighted by Crippen LogP contribution is 2.29. The maximum absolute atomic E-state index is 6.12. The Bertz CT molecular complexity index is 461. The van der Waals surface area contributed by atoms with Gasteiger partial charge in [-0.2, -0.15) is 0 Å². The van der Waals surface area contributed by atoms with Crippen LogP contribution in [0.2, 0.25) is 0 Å². The average molecular weight is 373 g/mol. The lowest BCUT2D eigenvalue weighted by Gasteiger charge is -2.12. The van der Waals surface area contributed by atoms with E-state index >= 15 is 0 Å². The van der Waals surface area contributed by atoms with Gasteiger partial charge >= 0.3 is 0 Å². The molecule has 0 N–H and O–H groups in total. The quantitative estimate of drug-likeness (QED) is 0.264. The number of hydrogen-bond donors (Lipinski definition) is 0. The van der Waals surface area contributed by atoms with Gasteiger partial charge in [0.05, 0.1) is 6.61 Å². The van der Waals surface area contributed by atoms with Crippen LogP contribution in [0.4, 0.5) is 0 Å². The van der Waals surface area contributed by atoms with Crippen LogP contribution in [0.5, 0.6) is 5.75 Å². The van der Waals surface area contributed by atoms with Gasteiger partial charge in [0.1, 0.15) is 5.75 Å². The number of ether oxygens (including phenoxy) is 1. The Kier molecular flexibility index (Phi) is 12.4. The summed E-state index contributed by atoms with van der Waals surface area (Å²) in [6.45, 7) is 3.17. The Labute approximate surface area is 169 Å². The van der Waals surface area contributed by atoms with Crippen molar-refractivity contribution < 1.29 is 4.74 Å². The monoisotopic (exact) mass is 372 g/mol. The lowest BCUT2D eigenvalue weighted by Crippen LogP contribution is -2.00. The zero-order valence-electron chi connectivity index (χ0n) is 18.0. The minimum absolute atomic E-state index is 0.885. The van der Waals surface area contributed by atoms with Gasteiger partial charge in [0, 0.05) is 0 Å². The van der Waals surface area contributed by atoms with Crippen LogP contribution in [0.3, 0.4) is 0 Å². The number of para-hydroxylation sites is 1. The summed E-state index contributed by atoms with van der Waals surface area (Å²) < 4.78 is 6.12. The van der Waals surface area contributed by atoms with Gasteiger partial charge < -0.3 is 4.74 Å². The third kappa shape index (κ3) is 10.2. The molecule has 0 amide bonds. The van der Waals surface area contributed by atoms with E-state index in [2.05, 4.69) is 31.2 Å². The Hall–Kier alpha value is -0.980. The minimum Gasteiger partial charge on any atom is -0.493 e. The molecule has 1 nitrogen and oxygen atoms in total. The largest absolute Gasteiger partial charge is 0.493 e. The molecular formula is C26H44O. The predicted molar refractivity (Wildman–Crippen MR) is 119 cm³/mol. The van der Waals surface area contributed by atoms with Gasteiger partial charge in [-0.1, -0.05) is 115 Å². The standard InChI is InChI=1S/C26H44O/c1-2-3-4-5-8-11-20-25-21-14-15-22-26(25)27-23-16-9-6-7-10-17-24-18-12-13-19-24/h14-15,21-22,24H,2-13,16-20,23H2,1H3. The van der Waals surface area contributed by atoms with Crippen molar-refractivity contribution in [2.75, 3.05) is 6.61 Å². The Morgan fingerprint density at radius 1 is 0.778 bits per heavy atom. The average Bonchev–Trinajstić information content (AvgIpc) is 3.21. The molecule has 1 aliphatic rings. The molecule has 1 fully saturated rings. The van der Waals surface area contributed by atoms with Crippen molar-refractivity contribution in [3.05, 3.63) is 29.8 Å². The van der Waals surface area contributed by atoms with E-state index in [0.29, 0.717) is 0 Å². The molecule has 154 valence electrons. The number of unbranched alkanes of at least 4 members (excludes halogenated alkanes) is 9. The van der Waals surface area contributed by atoms with Crippen molar-refractivity contribution >= 4 is 0 Å². The lowest BCUT2D eigenvalue weighted by atomic mass is 9.99. The van der Waals surface area contributed by atoms with Crippen molar-refractivity contribution in [2.24, 2.45) is 5.92 Å². The second-order valence-electron chi connectivity index (χ2n) is 8.68. The zero-order chi connectivity index (χ0) is 19.0. The molecule has 0 spiro atoms. The highest BCUT2D eigenvalue weighted by Gasteiger charge is 2.13. The van der Waals surface area contributed by atoms with E-state index in [-0.39, 0.29) is 0 Å². The second kappa shape index (κ2) is 15.0. The zero-order valence-corrected chi connectivity index (χ0v) is 18.0. The third-order valence-corrected chi connectivity index (χ3v) is 6.26. The van der Waals surface area contributed by atoms with E-state index in [1.54, 1.807) is 0 Å². The molecule has 0 saturated heterocycles. The van der Waals surface area contributed by atoms with Crippen molar-refractivity contribution in [3.8, 4) is 5.75 Å². The lowest BCUT2D eigenvalue weighted by molar-refractivity contribution is 0.300. The predicted octanol–water partition coefficient (Wildman–Crippen LogP) is 8.50. The first-order valence-corrected chi connectivity index (χ1v) is 12.1. The molecule has 27 heavy (non-hydrogen) atoms. The highest BCUT2D eigenvalue weighted by atomic mass is 16.5. The van der Waals surface area contributed by atoms with Gasteiger partial charge in [-0.3, -0.25) is 0 Å². The summed E-state index contributed by atoms with van der Waals surface area (Å²) >= 11 is 0. The number of benzene rings is 1. The molecule has 1 aliphatic carbocycles. The molecule has 1 aromatic rings. The first-order chi connectivity index (χ1) is 13.4. The molecule has 0 atom stereocenters. The number of aryl methyl sites for hydroxylation is 1. The topological polar surface area (TPSA) is 9.23 Å². The summed E-state index contributed by atoms with van der Waals surface area (Å²) in [7, 11) is 0. The molecule has 0 aliphatic heterocycles. The molecule has 0 aromatic heterocycles. The summed E-state index contributed by atoms with van der Waals surface area (Å²) in [6, 6.07) is 8.69. The van der Waals surface area contributed by atoms with Crippen LogP contribution in [0.1, 0.15) is 115 Å². The summed E-state index contributed by atoms with van der Waals surface area (Å²) in [5.41, 5.74) is 1.41. The van der Waals surface area contributed by atoms with Crippen LogP contribution in [0.15, 0.2) is 24.3 Å². The van der Waals surface area contributed by atoms with Crippen molar-refractivity contribution in [3.63, 3.8) is 0 Å². The van der Waals surface area contributed by atoms with E-state index in [1.165, 1.54) is 115 Å². The molecule has 0 radical (unpaired) electrons. The summed E-state index contributed by atoms with van der Waals surface area (Å²) in [5.74, 6) is 2.20. The fourth-order valence-electron chi connectivity index (χ4n) is 4.49. The van der Waals surface area contributed by atoms with Crippen molar-refractivity contribution in [2.45, 2.75) is 116 Å². The normalized spacial score (nSPS) is 14.7. The Morgan fingerprint density at radius 2 is 1.44 bits per heavy atom. The summed E-state index contributed by atoms with van der Waals surface area (Å²) in [4.78, 5) is 0.